The highest BCUT2D eigenvalue weighted by atomic mass is 35.5. The molecule has 114 valence electrons. The minimum absolute atomic E-state index is 0. The van der Waals surface area contributed by atoms with E-state index in [0.29, 0.717) is 12.8 Å². The Morgan fingerprint density at radius 1 is 1.38 bits per heavy atom. The van der Waals surface area contributed by atoms with Gasteiger partial charge in [0.2, 0.25) is 0 Å². The number of hydrogen-bond donors (Lipinski definition) is 3. The van der Waals surface area contributed by atoms with Crippen LogP contribution in [0, 0.1) is 0 Å². The number of rotatable bonds is 3. The van der Waals surface area contributed by atoms with E-state index < -0.39 is 5.60 Å². The first kappa shape index (κ1) is 15.8. The van der Waals surface area contributed by atoms with Crippen LogP contribution in [0.3, 0.4) is 0 Å². The Labute approximate surface area is 129 Å². The third-order valence-electron chi connectivity index (χ3n) is 3.94. The summed E-state index contributed by atoms with van der Waals surface area (Å²) in [6, 6.07) is 5.71. The van der Waals surface area contributed by atoms with Crippen LogP contribution < -0.4 is 10.6 Å². The van der Waals surface area contributed by atoms with Crippen molar-refractivity contribution in [2.75, 3.05) is 25.5 Å². The lowest BCUT2D eigenvalue weighted by atomic mass is 9.91. The molecule has 6 nitrogen and oxygen atoms in total. The first-order valence-electron chi connectivity index (χ1n) is 6.75. The van der Waals surface area contributed by atoms with Crippen molar-refractivity contribution in [1.29, 1.82) is 0 Å². The maximum absolute atomic E-state index is 12.6. The molecule has 3 rings (SSSR count). The van der Waals surface area contributed by atoms with E-state index in [1.165, 1.54) is 0 Å². The van der Waals surface area contributed by atoms with Crippen LogP contribution in [0.1, 0.15) is 12.8 Å². The van der Waals surface area contributed by atoms with Crippen LogP contribution in [0.2, 0.25) is 0 Å². The lowest BCUT2D eigenvalue weighted by Crippen LogP contribution is -2.51. The van der Waals surface area contributed by atoms with E-state index in [1.807, 2.05) is 18.2 Å². The van der Waals surface area contributed by atoms with Crippen LogP contribution in [-0.2, 0) is 9.53 Å². The zero-order valence-electron chi connectivity index (χ0n) is 11.8. The first-order valence-corrected chi connectivity index (χ1v) is 6.75. The monoisotopic (exact) mass is 310 g/mol. The fourth-order valence-corrected chi connectivity index (χ4v) is 2.66. The maximum atomic E-state index is 12.6. The summed E-state index contributed by atoms with van der Waals surface area (Å²) >= 11 is 0. The number of benzene rings is 1. The molecule has 1 aromatic carbocycles. The van der Waals surface area contributed by atoms with Crippen molar-refractivity contribution in [2.45, 2.75) is 18.4 Å². The molecule has 1 fully saturated rings. The molecule has 0 aliphatic carbocycles. The molecule has 0 bridgehead atoms. The average Bonchev–Trinajstić information content (AvgIpc) is 2.97. The van der Waals surface area contributed by atoms with Gasteiger partial charge in [0.15, 0.2) is 0 Å². The molecule has 1 aromatic heterocycles. The van der Waals surface area contributed by atoms with E-state index in [-0.39, 0.29) is 18.3 Å². The summed E-state index contributed by atoms with van der Waals surface area (Å²) in [5.41, 5.74) is 0.828. The molecular weight excluding hydrogens is 292 g/mol. The van der Waals surface area contributed by atoms with Crippen molar-refractivity contribution < 1.29 is 9.53 Å². The smallest absolute Gasteiger partial charge is 0.256 e. The number of para-hydroxylation sites is 1. The predicted octanol–water partition coefficient (Wildman–Crippen LogP) is 1.69. The number of carbonyl (C=O) groups is 1. The second-order valence-electron chi connectivity index (χ2n) is 5.04. The number of piperidine rings is 1. The molecule has 0 unspecified atom stereocenters. The Morgan fingerprint density at radius 3 is 2.86 bits per heavy atom. The molecule has 1 saturated heterocycles. The number of anilines is 1. The van der Waals surface area contributed by atoms with E-state index >= 15 is 0 Å². The minimum atomic E-state index is -0.743. The van der Waals surface area contributed by atoms with Gasteiger partial charge >= 0.3 is 0 Å². The summed E-state index contributed by atoms with van der Waals surface area (Å²) in [6.07, 6.45) is 3.09. The van der Waals surface area contributed by atoms with Gasteiger partial charge in [-0.2, -0.15) is 5.10 Å². The Hall–Kier alpha value is -1.63. The SMILES string of the molecule is COC1(C(=O)Nc2cccc3cn[nH]c23)CCNCC1.Cl. The van der Waals surface area contributed by atoms with Gasteiger partial charge in [-0.25, -0.2) is 0 Å². The summed E-state index contributed by atoms with van der Waals surface area (Å²) in [6.45, 7) is 1.57. The summed E-state index contributed by atoms with van der Waals surface area (Å²) < 4.78 is 5.53. The number of aromatic amines is 1. The van der Waals surface area contributed by atoms with Gasteiger partial charge in [0, 0.05) is 12.5 Å². The van der Waals surface area contributed by atoms with Crippen molar-refractivity contribution >= 4 is 34.9 Å². The van der Waals surface area contributed by atoms with E-state index in [9.17, 15) is 4.79 Å². The fourth-order valence-electron chi connectivity index (χ4n) is 2.66. The number of methoxy groups -OCH3 is 1. The molecule has 0 spiro atoms. The van der Waals surface area contributed by atoms with Crippen LogP contribution >= 0.6 is 12.4 Å². The molecule has 1 aliphatic heterocycles. The zero-order valence-corrected chi connectivity index (χ0v) is 12.6. The summed E-state index contributed by atoms with van der Waals surface area (Å²) in [5.74, 6) is -0.0939. The van der Waals surface area contributed by atoms with Gasteiger partial charge < -0.3 is 15.4 Å². The number of nitrogens with zero attached hydrogens (tertiary/aromatic N) is 1. The quantitative estimate of drug-likeness (QED) is 0.806. The molecular formula is C14H19ClN4O2. The van der Waals surface area contributed by atoms with Crippen molar-refractivity contribution in [3.8, 4) is 0 Å². The highest BCUT2D eigenvalue weighted by Crippen LogP contribution is 2.26. The normalized spacial score (nSPS) is 17.2. The Balaban J connectivity index is 0.00000161. The Kier molecular flexibility index (Phi) is 4.82. The molecule has 21 heavy (non-hydrogen) atoms. The van der Waals surface area contributed by atoms with Crippen molar-refractivity contribution in [3.05, 3.63) is 24.4 Å². The third kappa shape index (κ3) is 2.88. The molecule has 1 aliphatic rings. The molecule has 2 heterocycles. The molecule has 2 aromatic rings. The topological polar surface area (TPSA) is 79.0 Å². The van der Waals surface area contributed by atoms with Crippen molar-refractivity contribution in [2.24, 2.45) is 0 Å². The number of amides is 1. The highest BCUT2D eigenvalue weighted by Gasteiger charge is 2.39. The van der Waals surface area contributed by atoms with E-state index in [1.54, 1.807) is 13.3 Å². The number of halogens is 1. The molecule has 1 amide bonds. The van der Waals surface area contributed by atoms with Gasteiger partial charge in [0.25, 0.3) is 5.91 Å². The second kappa shape index (κ2) is 6.43. The molecule has 7 heteroatoms. The van der Waals surface area contributed by atoms with Gasteiger partial charge in [-0.3, -0.25) is 9.89 Å². The summed E-state index contributed by atoms with van der Waals surface area (Å²) in [7, 11) is 1.60. The number of fused-ring (bicyclic) bond motifs is 1. The highest BCUT2D eigenvalue weighted by molar-refractivity contribution is 6.03. The van der Waals surface area contributed by atoms with Gasteiger partial charge in [-0.1, -0.05) is 12.1 Å². The van der Waals surface area contributed by atoms with E-state index in [0.717, 1.165) is 29.7 Å². The zero-order chi connectivity index (χ0) is 14.0. The molecule has 0 radical (unpaired) electrons. The number of nitrogens with one attached hydrogen (secondary N) is 3. The van der Waals surface area contributed by atoms with Crippen LogP contribution in [0.4, 0.5) is 5.69 Å². The van der Waals surface area contributed by atoms with Gasteiger partial charge in [-0.05, 0) is 32.0 Å². The van der Waals surface area contributed by atoms with E-state index in [4.69, 9.17) is 4.74 Å². The minimum Gasteiger partial charge on any atom is -0.368 e. The van der Waals surface area contributed by atoms with Crippen LogP contribution in [0.25, 0.3) is 10.9 Å². The molecule has 3 N–H and O–H groups in total. The lowest BCUT2D eigenvalue weighted by Gasteiger charge is -2.34. The summed E-state index contributed by atoms with van der Waals surface area (Å²) in [4.78, 5) is 12.6. The number of hydrogen-bond acceptors (Lipinski definition) is 4. The number of ether oxygens (including phenoxy) is 1. The number of aromatic nitrogens is 2. The Morgan fingerprint density at radius 2 is 2.14 bits per heavy atom. The van der Waals surface area contributed by atoms with Gasteiger partial charge in [-0.15, -0.1) is 12.4 Å². The van der Waals surface area contributed by atoms with Crippen LogP contribution in [0.15, 0.2) is 24.4 Å². The number of H-pyrrole nitrogens is 1. The van der Waals surface area contributed by atoms with Crippen molar-refractivity contribution in [3.63, 3.8) is 0 Å². The van der Waals surface area contributed by atoms with Gasteiger partial charge in [0.05, 0.1) is 17.4 Å². The number of carbonyl (C=O) groups excluding carboxylic acids is 1. The maximum Gasteiger partial charge on any atom is 0.256 e. The second-order valence-corrected chi connectivity index (χ2v) is 5.04. The largest absolute Gasteiger partial charge is 0.368 e. The predicted molar refractivity (Wildman–Crippen MR) is 83.8 cm³/mol. The molecule has 0 saturated carbocycles. The Bertz CT molecular complexity index is 622. The molecule has 0 atom stereocenters. The lowest BCUT2D eigenvalue weighted by molar-refractivity contribution is -0.140. The van der Waals surface area contributed by atoms with Crippen LogP contribution in [-0.4, -0.2) is 41.9 Å². The standard InChI is InChI=1S/C14H18N4O2.ClH/c1-20-14(5-7-15-8-6-14)13(19)17-11-4-2-3-10-9-16-18-12(10)11;/h2-4,9,15H,5-8H2,1H3,(H,16,18)(H,17,19);1H. The average molecular weight is 311 g/mol. The van der Waals surface area contributed by atoms with Crippen LogP contribution in [0.5, 0.6) is 0 Å². The van der Waals surface area contributed by atoms with E-state index in [2.05, 4.69) is 20.8 Å². The van der Waals surface area contributed by atoms with Gasteiger partial charge in [0.1, 0.15) is 5.60 Å². The summed E-state index contributed by atoms with van der Waals surface area (Å²) in [5, 5.41) is 14.1. The third-order valence-corrected chi connectivity index (χ3v) is 3.94. The fraction of sp³-hybridized carbons (Fsp3) is 0.429. The van der Waals surface area contributed by atoms with Crippen molar-refractivity contribution in [1.82, 2.24) is 15.5 Å². The first-order chi connectivity index (χ1) is 9.75.